The first-order valence-corrected chi connectivity index (χ1v) is 6.98. The number of nitrogens with two attached hydrogens (primary N) is 1. The van der Waals surface area contributed by atoms with E-state index in [1.807, 2.05) is 37.3 Å². The van der Waals surface area contributed by atoms with Gasteiger partial charge in [0, 0.05) is 12.6 Å². The average molecular weight is 261 g/mol. The monoisotopic (exact) mass is 261 g/mol. The molecule has 0 aliphatic heterocycles. The van der Waals surface area contributed by atoms with Crippen LogP contribution in [0.25, 0.3) is 0 Å². The number of rotatable bonds is 4. The maximum Gasteiger partial charge on any atom is 0.315 e. The molecule has 1 aromatic rings. The number of carbonyl (C=O) groups excluding carboxylic acids is 1. The smallest absolute Gasteiger partial charge is 0.315 e. The number of carbonyl (C=O) groups is 1. The Bertz CT molecular complexity index is 415. The summed E-state index contributed by atoms with van der Waals surface area (Å²) in [6.45, 7) is 2.33. The van der Waals surface area contributed by atoms with E-state index in [-0.39, 0.29) is 6.03 Å². The van der Waals surface area contributed by atoms with Gasteiger partial charge in [0.05, 0.1) is 5.54 Å². The summed E-state index contributed by atoms with van der Waals surface area (Å²) in [5.41, 5.74) is 6.36. The molecule has 19 heavy (non-hydrogen) atoms. The lowest BCUT2D eigenvalue weighted by Crippen LogP contribution is -2.53. The van der Waals surface area contributed by atoms with Gasteiger partial charge < -0.3 is 16.4 Å². The second kappa shape index (κ2) is 6.06. The highest BCUT2D eigenvalue weighted by Crippen LogP contribution is 2.20. The number of benzene rings is 1. The molecule has 0 radical (unpaired) electrons. The zero-order valence-corrected chi connectivity index (χ0v) is 11.5. The van der Waals surface area contributed by atoms with Crippen LogP contribution in [0.1, 0.15) is 38.2 Å². The lowest BCUT2D eigenvalue weighted by molar-refractivity contribution is 0.224. The molecule has 1 saturated carbocycles. The highest BCUT2D eigenvalue weighted by Gasteiger charge is 2.28. The topological polar surface area (TPSA) is 67.1 Å². The van der Waals surface area contributed by atoms with Gasteiger partial charge in [-0.25, -0.2) is 4.79 Å². The summed E-state index contributed by atoms with van der Waals surface area (Å²) in [4.78, 5) is 12.1. The lowest BCUT2D eigenvalue weighted by Gasteiger charge is -2.30. The third kappa shape index (κ3) is 3.47. The van der Waals surface area contributed by atoms with Crippen molar-refractivity contribution in [2.75, 3.05) is 6.54 Å². The molecule has 1 fully saturated rings. The summed E-state index contributed by atoms with van der Waals surface area (Å²) in [5, 5.41) is 6.04. The summed E-state index contributed by atoms with van der Waals surface area (Å²) in [7, 11) is 0. The molecule has 104 valence electrons. The molecule has 4 heteroatoms. The highest BCUT2D eigenvalue weighted by molar-refractivity contribution is 5.75. The molecule has 2 rings (SSSR count). The van der Waals surface area contributed by atoms with Gasteiger partial charge in [0.15, 0.2) is 0 Å². The van der Waals surface area contributed by atoms with Crippen molar-refractivity contribution in [3.8, 4) is 0 Å². The number of urea groups is 1. The first kappa shape index (κ1) is 13.9. The summed E-state index contributed by atoms with van der Waals surface area (Å²) >= 11 is 0. The zero-order chi connectivity index (χ0) is 13.7. The van der Waals surface area contributed by atoms with Gasteiger partial charge in [-0.3, -0.25) is 0 Å². The standard InChI is InChI=1S/C15H23N3O/c1-15(11-16,12-7-3-2-4-8-12)18-14(19)17-13-9-5-6-10-13/h2-4,7-8,13H,5-6,9-11,16H2,1H3,(H2,17,18,19). The van der Waals surface area contributed by atoms with Crippen LogP contribution in [-0.4, -0.2) is 18.6 Å². The number of nitrogens with one attached hydrogen (secondary N) is 2. The zero-order valence-electron chi connectivity index (χ0n) is 11.5. The second-order valence-corrected chi connectivity index (χ2v) is 5.48. The second-order valence-electron chi connectivity index (χ2n) is 5.48. The van der Waals surface area contributed by atoms with Crippen LogP contribution in [0.5, 0.6) is 0 Å². The fraction of sp³-hybridized carbons (Fsp3) is 0.533. The maximum atomic E-state index is 12.1. The Morgan fingerprint density at radius 1 is 1.32 bits per heavy atom. The van der Waals surface area contributed by atoms with E-state index in [0.29, 0.717) is 12.6 Å². The minimum atomic E-state index is -0.524. The Morgan fingerprint density at radius 3 is 2.53 bits per heavy atom. The minimum absolute atomic E-state index is 0.122. The minimum Gasteiger partial charge on any atom is -0.335 e. The van der Waals surface area contributed by atoms with E-state index in [9.17, 15) is 4.79 Å². The fourth-order valence-electron chi connectivity index (χ4n) is 2.59. The van der Waals surface area contributed by atoms with E-state index in [1.165, 1.54) is 12.8 Å². The van der Waals surface area contributed by atoms with Crippen molar-refractivity contribution in [3.05, 3.63) is 35.9 Å². The van der Waals surface area contributed by atoms with Crippen molar-refractivity contribution >= 4 is 6.03 Å². The first-order chi connectivity index (χ1) is 9.14. The van der Waals surface area contributed by atoms with Gasteiger partial charge in [-0.1, -0.05) is 43.2 Å². The molecule has 2 amide bonds. The van der Waals surface area contributed by atoms with Crippen LogP contribution >= 0.6 is 0 Å². The first-order valence-electron chi connectivity index (χ1n) is 6.98. The van der Waals surface area contributed by atoms with Gasteiger partial charge in [0.2, 0.25) is 0 Å². The van der Waals surface area contributed by atoms with Crippen LogP contribution in [0.2, 0.25) is 0 Å². The number of hydrogen-bond acceptors (Lipinski definition) is 2. The van der Waals surface area contributed by atoms with Crippen LogP contribution < -0.4 is 16.4 Å². The van der Waals surface area contributed by atoms with E-state index < -0.39 is 5.54 Å². The molecule has 1 aromatic carbocycles. The molecule has 1 unspecified atom stereocenters. The Kier molecular flexibility index (Phi) is 4.43. The van der Waals surface area contributed by atoms with E-state index in [0.717, 1.165) is 18.4 Å². The van der Waals surface area contributed by atoms with Crippen molar-refractivity contribution in [3.63, 3.8) is 0 Å². The van der Waals surface area contributed by atoms with Gasteiger partial charge in [0.25, 0.3) is 0 Å². The normalized spacial score (nSPS) is 18.8. The predicted octanol–water partition coefficient (Wildman–Crippen LogP) is 2.10. The van der Waals surface area contributed by atoms with Gasteiger partial charge in [0.1, 0.15) is 0 Å². The van der Waals surface area contributed by atoms with E-state index in [1.54, 1.807) is 0 Å². The maximum absolute atomic E-state index is 12.1. The molecule has 0 heterocycles. The number of hydrogen-bond donors (Lipinski definition) is 3. The van der Waals surface area contributed by atoms with Crippen LogP contribution in [0.3, 0.4) is 0 Å². The van der Waals surface area contributed by atoms with Crippen molar-refractivity contribution in [2.45, 2.75) is 44.2 Å². The number of amides is 2. The quantitative estimate of drug-likeness (QED) is 0.777. The van der Waals surface area contributed by atoms with E-state index in [4.69, 9.17) is 5.73 Å². The van der Waals surface area contributed by atoms with Crippen molar-refractivity contribution < 1.29 is 4.79 Å². The van der Waals surface area contributed by atoms with E-state index >= 15 is 0 Å². The molecule has 0 saturated heterocycles. The third-order valence-corrected chi connectivity index (χ3v) is 3.90. The van der Waals surface area contributed by atoms with Gasteiger partial charge >= 0.3 is 6.03 Å². The lowest BCUT2D eigenvalue weighted by atomic mass is 9.92. The molecular formula is C15H23N3O. The molecule has 0 bridgehead atoms. The fourth-order valence-corrected chi connectivity index (χ4v) is 2.59. The van der Waals surface area contributed by atoms with Gasteiger partial charge in [-0.2, -0.15) is 0 Å². The molecule has 1 atom stereocenters. The summed E-state index contributed by atoms with van der Waals surface area (Å²) in [6, 6.07) is 10.0. The molecule has 4 nitrogen and oxygen atoms in total. The summed E-state index contributed by atoms with van der Waals surface area (Å²) < 4.78 is 0. The SMILES string of the molecule is CC(CN)(NC(=O)NC1CCCC1)c1ccccc1. The molecule has 1 aliphatic rings. The third-order valence-electron chi connectivity index (χ3n) is 3.90. The highest BCUT2D eigenvalue weighted by atomic mass is 16.2. The predicted molar refractivity (Wildman–Crippen MR) is 76.8 cm³/mol. The Morgan fingerprint density at radius 2 is 1.95 bits per heavy atom. The van der Waals surface area contributed by atoms with Crippen LogP contribution in [0, 0.1) is 0 Å². The Labute approximate surface area is 114 Å². The van der Waals surface area contributed by atoms with Crippen molar-refractivity contribution in [1.29, 1.82) is 0 Å². The van der Waals surface area contributed by atoms with Crippen molar-refractivity contribution in [2.24, 2.45) is 5.73 Å². The molecule has 0 aromatic heterocycles. The summed E-state index contributed by atoms with van der Waals surface area (Å²) in [5.74, 6) is 0. The Hall–Kier alpha value is -1.55. The van der Waals surface area contributed by atoms with E-state index in [2.05, 4.69) is 10.6 Å². The average Bonchev–Trinajstić information content (AvgIpc) is 2.92. The van der Waals surface area contributed by atoms with Crippen molar-refractivity contribution in [1.82, 2.24) is 10.6 Å². The van der Waals surface area contributed by atoms with Crippen LogP contribution in [0.4, 0.5) is 4.79 Å². The van der Waals surface area contributed by atoms with Crippen LogP contribution in [-0.2, 0) is 5.54 Å². The molecular weight excluding hydrogens is 238 g/mol. The van der Waals surface area contributed by atoms with Gasteiger partial charge in [-0.15, -0.1) is 0 Å². The molecule has 4 N–H and O–H groups in total. The molecule has 1 aliphatic carbocycles. The van der Waals surface area contributed by atoms with Gasteiger partial charge in [-0.05, 0) is 25.3 Å². The Balaban J connectivity index is 1.99. The van der Waals surface area contributed by atoms with Crippen LogP contribution in [0.15, 0.2) is 30.3 Å². The summed E-state index contributed by atoms with van der Waals surface area (Å²) in [6.07, 6.45) is 4.58. The molecule has 0 spiro atoms. The largest absolute Gasteiger partial charge is 0.335 e.